The van der Waals surface area contributed by atoms with Gasteiger partial charge in [0, 0.05) is 6.07 Å². The van der Waals surface area contributed by atoms with Gasteiger partial charge in [-0.05, 0) is 6.07 Å². The van der Waals surface area contributed by atoms with Crippen molar-refractivity contribution in [3.63, 3.8) is 0 Å². The lowest BCUT2D eigenvalue weighted by Crippen LogP contribution is -1.96. The van der Waals surface area contributed by atoms with Gasteiger partial charge in [0.2, 0.25) is 11.2 Å². The van der Waals surface area contributed by atoms with E-state index in [2.05, 4.69) is 0 Å². The molecule has 0 bridgehead atoms. The fraction of sp³-hybridized carbons (Fsp3) is 0. The van der Waals surface area contributed by atoms with Crippen LogP contribution in [0.2, 0.25) is 0 Å². The van der Waals surface area contributed by atoms with E-state index in [0.717, 1.165) is 12.1 Å². The lowest BCUT2D eigenvalue weighted by Gasteiger charge is -1.86. The minimum atomic E-state index is -0.829. The molecule has 0 heterocycles. The summed E-state index contributed by atoms with van der Waals surface area (Å²) in [6, 6.07) is 4.77. The van der Waals surface area contributed by atoms with Gasteiger partial charge in [-0.1, -0.05) is 12.1 Å². The molecule has 0 aromatic heterocycles. The first kappa shape index (κ1) is 8.19. The maximum Gasteiger partial charge on any atom is 0.314 e. The Morgan fingerprint density at radius 1 is 1.33 bits per heavy atom. The largest absolute Gasteiger partial charge is 0.499 e. The topological polar surface area (TPSA) is 80.4 Å². The molecule has 0 aliphatic carbocycles. The second-order valence-corrected chi connectivity index (χ2v) is 2.07. The number of nitro groups is 1. The fourth-order valence-corrected chi connectivity index (χ4v) is 0.721. The highest BCUT2D eigenvalue weighted by Crippen LogP contribution is 2.18. The zero-order chi connectivity index (χ0) is 9.14. The Morgan fingerprint density at radius 3 is 2.50 bits per heavy atom. The smallest absolute Gasteiger partial charge is 0.314 e. The van der Waals surface area contributed by atoms with Crippen molar-refractivity contribution in [2.24, 2.45) is 0 Å². The monoisotopic (exact) mass is 167 g/mol. The molecule has 12 heavy (non-hydrogen) atoms. The van der Waals surface area contributed by atoms with Crippen LogP contribution in [0, 0.1) is 10.1 Å². The zero-order valence-corrected chi connectivity index (χ0v) is 5.93. The highest BCUT2D eigenvalue weighted by atomic mass is 16.6. The molecule has 5 heteroatoms. The summed E-state index contributed by atoms with van der Waals surface area (Å²) in [7, 11) is 0. The molecule has 0 unspecified atom stereocenters. The molecule has 0 saturated carbocycles. The Kier molecular flexibility index (Phi) is 2.05. The van der Waals surface area contributed by atoms with Gasteiger partial charge in [-0.25, -0.2) is 0 Å². The van der Waals surface area contributed by atoms with Crippen molar-refractivity contribution >= 4 is 5.69 Å². The summed E-state index contributed by atoms with van der Waals surface area (Å²) in [5.41, 5.74) is -1.34. The lowest BCUT2D eigenvalue weighted by atomic mass is 10.4. The summed E-state index contributed by atoms with van der Waals surface area (Å²) < 4.78 is 0. The number of rotatable bonds is 1. The molecule has 0 fully saturated rings. The molecule has 0 spiro atoms. The van der Waals surface area contributed by atoms with Crippen molar-refractivity contribution in [3.05, 3.63) is 44.6 Å². The molecule has 0 amide bonds. The molecular formula is C7H5NO4. The lowest BCUT2D eigenvalue weighted by molar-refractivity contribution is -0.385. The molecular weight excluding hydrogens is 162 g/mol. The first-order valence-corrected chi connectivity index (χ1v) is 3.09. The molecule has 5 nitrogen and oxygen atoms in total. The van der Waals surface area contributed by atoms with Crippen molar-refractivity contribution < 1.29 is 10.0 Å². The number of hydrogen-bond donors (Lipinski definition) is 1. The molecule has 1 rings (SSSR count). The molecule has 1 aromatic rings. The fourth-order valence-electron chi connectivity index (χ4n) is 0.721. The SMILES string of the molecule is O=c1ccccc([N+](=O)[O-])c1O. The van der Waals surface area contributed by atoms with Crippen molar-refractivity contribution in [1.82, 2.24) is 0 Å². The summed E-state index contributed by atoms with van der Waals surface area (Å²) in [5, 5.41) is 19.2. The minimum absolute atomic E-state index is 0.579. The average Bonchev–Trinajstić information content (AvgIpc) is 2.15. The van der Waals surface area contributed by atoms with Gasteiger partial charge in [-0.15, -0.1) is 0 Å². The van der Waals surface area contributed by atoms with E-state index >= 15 is 0 Å². The third-order valence-electron chi connectivity index (χ3n) is 1.29. The summed E-state index contributed by atoms with van der Waals surface area (Å²) in [6.45, 7) is 0. The predicted molar refractivity (Wildman–Crippen MR) is 41.0 cm³/mol. The third kappa shape index (κ3) is 1.39. The van der Waals surface area contributed by atoms with Gasteiger partial charge >= 0.3 is 5.69 Å². The van der Waals surface area contributed by atoms with Gasteiger partial charge in [-0.3, -0.25) is 14.9 Å². The predicted octanol–water partition coefficient (Wildman–Crippen LogP) is 0.661. The van der Waals surface area contributed by atoms with E-state index in [0.29, 0.717) is 0 Å². The van der Waals surface area contributed by atoms with Crippen LogP contribution >= 0.6 is 0 Å². The quantitative estimate of drug-likeness (QED) is 0.492. The van der Waals surface area contributed by atoms with Crippen LogP contribution in [0.5, 0.6) is 5.75 Å². The molecule has 0 atom stereocenters. The highest BCUT2D eigenvalue weighted by Gasteiger charge is 2.12. The summed E-state index contributed by atoms with van der Waals surface area (Å²) in [4.78, 5) is 20.2. The second kappa shape index (κ2) is 3.00. The van der Waals surface area contributed by atoms with Crippen LogP contribution in [0.1, 0.15) is 0 Å². The Balaban J connectivity index is 3.53. The molecule has 0 radical (unpaired) electrons. The summed E-state index contributed by atoms with van der Waals surface area (Å²) >= 11 is 0. The van der Waals surface area contributed by atoms with E-state index < -0.39 is 21.8 Å². The van der Waals surface area contributed by atoms with Crippen molar-refractivity contribution in [3.8, 4) is 5.75 Å². The standard InChI is InChI=1S/C7H5NO4/c9-6-4-2-1-3-5(7(6)10)8(11)12/h1-4H,(H,9,10). The Hall–Kier alpha value is -1.91. The van der Waals surface area contributed by atoms with Crippen LogP contribution in [0.15, 0.2) is 29.1 Å². The van der Waals surface area contributed by atoms with E-state index in [1.54, 1.807) is 0 Å². The molecule has 0 aliphatic rings. The van der Waals surface area contributed by atoms with Crippen LogP contribution in [0.25, 0.3) is 0 Å². The van der Waals surface area contributed by atoms with Gasteiger partial charge in [0.15, 0.2) is 0 Å². The highest BCUT2D eigenvalue weighted by molar-refractivity contribution is 5.43. The van der Waals surface area contributed by atoms with Gasteiger partial charge < -0.3 is 5.11 Å². The van der Waals surface area contributed by atoms with Gasteiger partial charge in [-0.2, -0.15) is 0 Å². The van der Waals surface area contributed by atoms with E-state index in [4.69, 9.17) is 5.11 Å². The van der Waals surface area contributed by atoms with Gasteiger partial charge in [0.05, 0.1) is 4.92 Å². The third-order valence-corrected chi connectivity index (χ3v) is 1.29. The number of nitrogens with zero attached hydrogens (tertiary/aromatic N) is 1. The van der Waals surface area contributed by atoms with Crippen molar-refractivity contribution in [2.75, 3.05) is 0 Å². The Bertz CT molecular complexity index is 374. The Morgan fingerprint density at radius 2 is 1.92 bits per heavy atom. The molecule has 1 aromatic carbocycles. The molecule has 1 N–H and O–H groups in total. The van der Waals surface area contributed by atoms with Crippen LogP contribution in [-0.2, 0) is 0 Å². The summed E-state index contributed by atoms with van der Waals surface area (Å²) in [6.07, 6.45) is 0. The number of aromatic hydroxyl groups is 1. The van der Waals surface area contributed by atoms with Crippen LogP contribution in [0.4, 0.5) is 5.69 Å². The van der Waals surface area contributed by atoms with Crippen LogP contribution in [-0.4, -0.2) is 10.0 Å². The number of hydrogen-bond acceptors (Lipinski definition) is 4. The van der Waals surface area contributed by atoms with Gasteiger partial charge in [0.1, 0.15) is 0 Å². The maximum absolute atomic E-state index is 10.8. The van der Waals surface area contributed by atoms with Gasteiger partial charge in [0.25, 0.3) is 0 Å². The average molecular weight is 167 g/mol. The zero-order valence-electron chi connectivity index (χ0n) is 5.93. The van der Waals surface area contributed by atoms with Crippen molar-refractivity contribution in [1.29, 1.82) is 0 Å². The molecule has 0 saturated heterocycles. The van der Waals surface area contributed by atoms with Crippen LogP contribution < -0.4 is 5.43 Å². The first-order valence-electron chi connectivity index (χ1n) is 3.09. The molecule has 0 aliphatic heterocycles. The van der Waals surface area contributed by atoms with E-state index in [1.165, 1.54) is 12.1 Å². The normalized spacial score (nSPS) is 9.33. The summed E-state index contributed by atoms with van der Waals surface area (Å²) in [5.74, 6) is -0.829. The maximum atomic E-state index is 10.8. The molecule has 62 valence electrons. The van der Waals surface area contributed by atoms with E-state index in [-0.39, 0.29) is 0 Å². The van der Waals surface area contributed by atoms with E-state index in [9.17, 15) is 14.9 Å². The first-order chi connectivity index (χ1) is 5.63. The minimum Gasteiger partial charge on any atom is -0.499 e. The van der Waals surface area contributed by atoms with E-state index in [1.807, 2.05) is 0 Å². The van der Waals surface area contributed by atoms with Crippen LogP contribution in [0.3, 0.4) is 0 Å². The second-order valence-electron chi connectivity index (χ2n) is 2.07. The van der Waals surface area contributed by atoms with Crippen molar-refractivity contribution in [2.45, 2.75) is 0 Å². The Labute approximate surface area is 67.1 Å².